The molecule has 84 valence electrons. The average molecular weight is 229 g/mol. The third-order valence-electron chi connectivity index (χ3n) is 1.95. The molecule has 17 heavy (non-hydrogen) atoms. The second-order valence-corrected chi connectivity index (χ2v) is 3.10. The van der Waals surface area contributed by atoms with E-state index in [9.17, 15) is 15.2 Å². The van der Waals surface area contributed by atoms with Crippen molar-refractivity contribution in [3.05, 3.63) is 45.5 Å². The van der Waals surface area contributed by atoms with Gasteiger partial charge in [0.15, 0.2) is 6.10 Å². The highest BCUT2D eigenvalue weighted by Gasteiger charge is 2.10. The minimum Gasteiger partial charge on any atom is -0.373 e. The molecule has 0 radical (unpaired) electrons. The van der Waals surface area contributed by atoms with Crippen molar-refractivity contribution >= 4 is 11.8 Å². The summed E-state index contributed by atoms with van der Waals surface area (Å²) in [6, 6.07) is 8.73. The quantitative estimate of drug-likeness (QED) is 0.364. The molecule has 1 N–H and O–H groups in total. The van der Waals surface area contributed by atoms with Crippen molar-refractivity contribution in [1.82, 2.24) is 0 Å². The number of nitro benzene ring substituents is 1. The minimum atomic E-state index is -1.53. The van der Waals surface area contributed by atoms with Crippen LogP contribution in [0.15, 0.2) is 29.8 Å². The molecule has 6 heteroatoms. The molecular formula is C11H7N3O3. The van der Waals surface area contributed by atoms with Gasteiger partial charge in [0.1, 0.15) is 0 Å². The van der Waals surface area contributed by atoms with Crippen LogP contribution in [0.25, 0.3) is 6.08 Å². The van der Waals surface area contributed by atoms with Crippen LogP contribution in [0, 0.1) is 32.8 Å². The van der Waals surface area contributed by atoms with E-state index in [1.807, 2.05) is 0 Å². The summed E-state index contributed by atoms with van der Waals surface area (Å²) in [5.74, 6) is 0. The third-order valence-corrected chi connectivity index (χ3v) is 1.95. The summed E-state index contributed by atoms with van der Waals surface area (Å²) in [6.45, 7) is 0. The lowest BCUT2D eigenvalue weighted by Crippen LogP contribution is -2.04. The Balaban J connectivity index is 3.14. The number of aliphatic hydroxyl groups excluding tert-OH is 1. The number of nitriles is 2. The van der Waals surface area contributed by atoms with Gasteiger partial charge >= 0.3 is 0 Å². The summed E-state index contributed by atoms with van der Waals surface area (Å²) in [5, 5.41) is 36.8. The first-order valence-electron chi connectivity index (χ1n) is 4.52. The Kier molecular flexibility index (Phi) is 3.93. The third kappa shape index (κ3) is 3.13. The molecule has 1 aromatic rings. The van der Waals surface area contributed by atoms with Gasteiger partial charge in [0.05, 0.1) is 22.6 Å². The molecule has 0 amide bonds. The number of hydrogen-bond donors (Lipinski definition) is 1. The highest BCUT2D eigenvalue weighted by Crippen LogP contribution is 2.16. The molecule has 0 bridgehead atoms. The zero-order chi connectivity index (χ0) is 12.8. The lowest BCUT2D eigenvalue weighted by atomic mass is 10.1. The normalized spacial score (nSPS) is 12.3. The predicted molar refractivity (Wildman–Crippen MR) is 58.3 cm³/mol. The van der Waals surface area contributed by atoms with Crippen molar-refractivity contribution in [1.29, 1.82) is 10.5 Å². The van der Waals surface area contributed by atoms with E-state index in [-0.39, 0.29) is 11.3 Å². The van der Waals surface area contributed by atoms with Gasteiger partial charge in [-0.3, -0.25) is 10.1 Å². The highest BCUT2D eigenvalue weighted by atomic mass is 16.6. The van der Waals surface area contributed by atoms with E-state index in [1.165, 1.54) is 36.4 Å². The second kappa shape index (κ2) is 5.40. The Hall–Kier alpha value is -2.70. The first-order chi connectivity index (χ1) is 8.08. The standard InChI is InChI=1S/C11H7N3O3/c12-6-9(11(15)7-13)4-8-2-1-3-10(5-8)14(16)17/h1-5,11,15H. The first kappa shape index (κ1) is 12.4. The van der Waals surface area contributed by atoms with Crippen LogP contribution >= 0.6 is 0 Å². The Morgan fingerprint density at radius 1 is 1.53 bits per heavy atom. The van der Waals surface area contributed by atoms with Crippen LogP contribution in [0.2, 0.25) is 0 Å². The van der Waals surface area contributed by atoms with Crippen LogP contribution in [0.3, 0.4) is 0 Å². The van der Waals surface area contributed by atoms with Gasteiger partial charge in [-0.15, -0.1) is 0 Å². The fourth-order valence-corrected chi connectivity index (χ4v) is 1.15. The first-order valence-corrected chi connectivity index (χ1v) is 4.52. The molecule has 0 saturated carbocycles. The van der Waals surface area contributed by atoms with Crippen molar-refractivity contribution in [2.75, 3.05) is 0 Å². The van der Waals surface area contributed by atoms with Crippen molar-refractivity contribution in [3.63, 3.8) is 0 Å². The summed E-state index contributed by atoms with van der Waals surface area (Å²) in [4.78, 5) is 9.95. The number of non-ortho nitro benzene ring substituents is 1. The van der Waals surface area contributed by atoms with Crippen LogP contribution in [-0.4, -0.2) is 16.1 Å². The van der Waals surface area contributed by atoms with Crippen molar-refractivity contribution in [2.24, 2.45) is 0 Å². The maximum atomic E-state index is 10.5. The van der Waals surface area contributed by atoms with E-state index in [0.29, 0.717) is 5.56 Å². The molecule has 0 aromatic heterocycles. The highest BCUT2D eigenvalue weighted by molar-refractivity contribution is 5.61. The Labute approximate surface area is 96.8 Å². The number of rotatable bonds is 3. The lowest BCUT2D eigenvalue weighted by molar-refractivity contribution is -0.384. The van der Waals surface area contributed by atoms with Gasteiger partial charge in [-0.1, -0.05) is 12.1 Å². The molecule has 1 aromatic carbocycles. The maximum absolute atomic E-state index is 10.5. The summed E-state index contributed by atoms with van der Waals surface area (Å²) in [6.07, 6.45) is -0.291. The molecule has 0 aliphatic rings. The lowest BCUT2D eigenvalue weighted by Gasteiger charge is -1.99. The van der Waals surface area contributed by atoms with Crippen LogP contribution in [-0.2, 0) is 0 Å². The van der Waals surface area contributed by atoms with E-state index in [0.717, 1.165) is 0 Å². The van der Waals surface area contributed by atoms with Gasteiger partial charge in [-0.2, -0.15) is 10.5 Å². The summed E-state index contributed by atoms with van der Waals surface area (Å²) in [5.41, 5.74) is 0.0977. The molecule has 0 aliphatic carbocycles. The number of benzene rings is 1. The van der Waals surface area contributed by atoms with Crippen molar-refractivity contribution < 1.29 is 10.0 Å². The van der Waals surface area contributed by atoms with Gasteiger partial charge in [0.2, 0.25) is 0 Å². The summed E-state index contributed by atoms with van der Waals surface area (Å²) in [7, 11) is 0. The molecule has 0 fully saturated rings. The summed E-state index contributed by atoms with van der Waals surface area (Å²) < 4.78 is 0. The van der Waals surface area contributed by atoms with Crippen LogP contribution in [0.5, 0.6) is 0 Å². The van der Waals surface area contributed by atoms with Crippen LogP contribution < -0.4 is 0 Å². The Morgan fingerprint density at radius 2 is 2.24 bits per heavy atom. The summed E-state index contributed by atoms with van der Waals surface area (Å²) >= 11 is 0. The number of nitro groups is 1. The molecule has 0 heterocycles. The van der Waals surface area contributed by atoms with E-state index in [2.05, 4.69) is 0 Å². The minimum absolute atomic E-state index is 0.123. The number of hydrogen-bond acceptors (Lipinski definition) is 5. The smallest absolute Gasteiger partial charge is 0.270 e. The van der Waals surface area contributed by atoms with E-state index < -0.39 is 11.0 Å². The monoisotopic (exact) mass is 229 g/mol. The molecule has 0 spiro atoms. The van der Waals surface area contributed by atoms with Crippen molar-refractivity contribution in [2.45, 2.75) is 6.10 Å². The van der Waals surface area contributed by atoms with Gasteiger partial charge in [0, 0.05) is 12.1 Å². The largest absolute Gasteiger partial charge is 0.373 e. The average Bonchev–Trinajstić information content (AvgIpc) is 2.35. The molecule has 1 rings (SSSR count). The maximum Gasteiger partial charge on any atom is 0.270 e. The van der Waals surface area contributed by atoms with Gasteiger partial charge in [0.25, 0.3) is 5.69 Å². The second-order valence-electron chi connectivity index (χ2n) is 3.10. The van der Waals surface area contributed by atoms with Crippen molar-refractivity contribution in [3.8, 4) is 12.1 Å². The molecular weight excluding hydrogens is 222 g/mol. The van der Waals surface area contributed by atoms with Crippen LogP contribution in [0.1, 0.15) is 5.56 Å². The van der Waals surface area contributed by atoms with E-state index in [4.69, 9.17) is 10.5 Å². The fraction of sp³-hybridized carbons (Fsp3) is 0.0909. The van der Waals surface area contributed by atoms with Gasteiger partial charge < -0.3 is 5.11 Å². The zero-order valence-electron chi connectivity index (χ0n) is 8.57. The molecule has 6 nitrogen and oxygen atoms in total. The van der Waals surface area contributed by atoms with E-state index >= 15 is 0 Å². The van der Waals surface area contributed by atoms with E-state index in [1.54, 1.807) is 6.07 Å². The Morgan fingerprint density at radius 3 is 2.76 bits per heavy atom. The predicted octanol–water partition coefficient (Wildman–Crippen LogP) is 1.39. The topological polar surface area (TPSA) is 111 Å². The molecule has 1 unspecified atom stereocenters. The molecule has 1 atom stereocenters. The van der Waals surface area contributed by atoms with Gasteiger partial charge in [-0.05, 0) is 11.6 Å². The SMILES string of the molecule is N#CC(=Cc1cccc([N+](=O)[O-])c1)C(O)C#N. The number of nitrogens with zero attached hydrogens (tertiary/aromatic N) is 3. The van der Waals surface area contributed by atoms with Gasteiger partial charge in [-0.25, -0.2) is 0 Å². The zero-order valence-corrected chi connectivity index (χ0v) is 8.57. The van der Waals surface area contributed by atoms with Crippen LogP contribution in [0.4, 0.5) is 5.69 Å². The number of aliphatic hydroxyl groups is 1. The molecule has 0 saturated heterocycles. The fourth-order valence-electron chi connectivity index (χ4n) is 1.15. The molecule has 0 aliphatic heterocycles. The Bertz CT molecular complexity index is 552.